The molecule has 2 aromatic carbocycles. The zero-order valence-electron chi connectivity index (χ0n) is 11.8. The first kappa shape index (κ1) is 13.2. The summed E-state index contributed by atoms with van der Waals surface area (Å²) in [6.07, 6.45) is 3.26. The smallest absolute Gasteiger partial charge is 0.115 e. The van der Waals surface area contributed by atoms with Gasteiger partial charge in [-0.25, -0.2) is 0 Å². The highest BCUT2D eigenvalue weighted by Crippen LogP contribution is 2.22. The predicted octanol–water partition coefficient (Wildman–Crippen LogP) is 3.08. The zero-order chi connectivity index (χ0) is 13.9. The highest BCUT2D eigenvalue weighted by molar-refractivity contribution is 5.33. The minimum absolute atomic E-state index is 0.334. The molecule has 1 aliphatic rings. The molecule has 3 rings (SSSR count). The third-order valence-electron chi connectivity index (χ3n) is 4.05. The van der Waals surface area contributed by atoms with Gasteiger partial charge in [0.25, 0.3) is 0 Å². The molecule has 2 nitrogen and oxygen atoms in total. The Morgan fingerprint density at radius 1 is 1.05 bits per heavy atom. The number of hydrogen-bond donors (Lipinski definition) is 2. The first-order valence-electron chi connectivity index (χ1n) is 7.31. The van der Waals surface area contributed by atoms with Gasteiger partial charge in [-0.3, -0.25) is 0 Å². The molecule has 0 aromatic heterocycles. The molecule has 1 atom stereocenters. The topological polar surface area (TPSA) is 32.3 Å². The summed E-state index contributed by atoms with van der Waals surface area (Å²) in [4.78, 5) is 0. The predicted molar refractivity (Wildman–Crippen MR) is 82.0 cm³/mol. The maximum Gasteiger partial charge on any atom is 0.115 e. The minimum atomic E-state index is 0.334. The molecule has 20 heavy (non-hydrogen) atoms. The van der Waals surface area contributed by atoms with Crippen molar-refractivity contribution < 1.29 is 5.11 Å². The number of phenolic OH excluding ortho intramolecular Hbond substituents is 1. The Hall–Kier alpha value is -1.80. The molecular weight excluding hydrogens is 246 g/mol. The lowest BCUT2D eigenvalue weighted by Gasteiger charge is -2.19. The largest absolute Gasteiger partial charge is 0.508 e. The van der Waals surface area contributed by atoms with Gasteiger partial charge < -0.3 is 10.4 Å². The van der Waals surface area contributed by atoms with Crippen LogP contribution in [0, 0.1) is 0 Å². The van der Waals surface area contributed by atoms with E-state index in [9.17, 15) is 5.11 Å². The summed E-state index contributed by atoms with van der Waals surface area (Å²) in [5, 5.41) is 13.0. The summed E-state index contributed by atoms with van der Waals surface area (Å²) < 4.78 is 0. The van der Waals surface area contributed by atoms with E-state index in [2.05, 4.69) is 36.5 Å². The maximum atomic E-state index is 9.31. The van der Waals surface area contributed by atoms with Crippen molar-refractivity contribution in [3.8, 4) is 5.75 Å². The van der Waals surface area contributed by atoms with E-state index in [4.69, 9.17) is 0 Å². The second-order valence-corrected chi connectivity index (χ2v) is 5.81. The van der Waals surface area contributed by atoms with Gasteiger partial charge in [0, 0.05) is 12.1 Å². The molecule has 0 spiro atoms. The van der Waals surface area contributed by atoms with Crippen molar-refractivity contribution in [2.24, 2.45) is 0 Å². The van der Waals surface area contributed by atoms with Crippen molar-refractivity contribution in [2.75, 3.05) is 0 Å². The summed E-state index contributed by atoms with van der Waals surface area (Å²) in [5.74, 6) is 0.334. The molecule has 0 saturated heterocycles. The van der Waals surface area contributed by atoms with E-state index in [0.29, 0.717) is 17.8 Å². The summed E-state index contributed by atoms with van der Waals surface area (Å²) in [6.45, 7) is 2.23. The van der Waals surface area contributed by atoms with E-state index >= 15 is 0 Å². The Bertz CT molecular complexity index is 551. The van der Waals surface area contributed by atoms with Crippen LogP contribution in [-0.2, 0) is 19.3 Å². The summed E-state index contributed by atoms with van der Waals surface area (Å²) in [5.41, 5.74) is 4.24. The second kappa shape index (κ2) is 5.68. The van der Waals surface area contributed by atoms with Crippen LogP contribution in [0.5, 0.6) is 5.75 Å². The van der Waals surface area contributed by atoms with Gasteiger partial charge in [0.15, 0.2) is 0 Å². The normalized spacial score (nSPS) is 16.1. The molecule has 0 bridgehead atoms. The fraction of sp³-hybridized carbons (Fsp3) is 0.333. The van der Waals surface area contributed by atoms with E-state index in [-0.39, 0.29) is 0 Å². The van der Waals surface area contributed by atoms with E-state index in [1.807, 2.05) is 12.1 Å². The van der Waals surface area contributed by atoms with Gasteiger partial charge in [-0.1, -0.05) is 36.4 Å². The van der Waals surface area contributed by atoms with Gasteiger partial charge in [0.1, 0.15) is 5.75 Å². The number of hydrogen-bond acceptors (Lipinski definition) is 2. The molecule has 0 amide bonds. The Morgan fingerprint density at radius 2 is 1.65 bits per heavy atom. The monoisotopic (exact) mass is 267 g/mol. The van der Waals surface area contributed by atoms with Crippen molar-refractivity contribution >= 4 is 0 Å². The molecule has 2 N–H and O–H groups in total. The molecule has 0 radical (unpaired) electrons. The SMILES string of the molecule is C[C@H](Cc1ccc(O)cc1)NC1Cc2ccccc2C1. The summed E-state index contributed by atoms with van der Waals surface area (Å²) in [6, 6.07) is 17.2. The van der Waals surface area contributed by atoms with Crippen LogP contribution >= 0.6 is 0 Å². The Kier molecular flexibility index (Phi) is 3.75. The van der Waals surface area contributed by atoms with Gasteiger partial charge in [-0.05, 0) is 55.0 Å². The number of phenols is 1. The number of rotatable bonds is 4. The molecule has 0 heterocycles. The first-order chi connectivity index (χ1) is 9.70. The third-order valence-corrected chi connectivity index (χ3v) is 4.05. The molecule has 0 fully saturated rings. The van der Waals surface area contributed by atoms with Crippen LogP contribution in [0.25, 0.3) is 0 Å². The van der Waals surface area contributed by atoms with Crippen LogP contribution in [0.3, 0.4) is 0 Å². The number of aromatic hydroxyl groups is 1. The van der Waals surface area contributed by atoms with Gasteiger partial charge in [-0.15, -0.1) is 0 Å². The van der Waals surface area contributed by atoms with E-state index < -0.39 is 0 Å². The van der Waals surface area contributed by atoms with Gasteiger partial charge in [0.2, 0.25) is 0 Å². The molecule has 104 valence electrons. The lowest BCUT2D eigenvalue weighted by Crippen LogP contribution is -2.38. The van der Waals surface area contributed by atoms with Crippen LogP contribution in [0.15, 0.2) is 48.5 Å². The number of fused-ring (bicyclic) bond motifs is 1. The fourth-order valence-electron chi connectivity index (χ4n) is 3.12. The quantitative estimate of drug-likeness (QED) is 0.892. The Morgan fingerprint density at radius 3 is 2.25 bits per heavy atom. The van der Waals surface area contributed by atoms with Crippen molar-refractivity contribution in [2.45, 2.75) is 38.3 Å². The molecule has 0 saturated carbocycles. The van der Waals surface area contributed by atoms with Gasteiger partial charge in [0.05, 0.1) is 0 Å². The molecular formula is C18H21NO. The first-order valence-corrected chi connectivity index (χ1v) is 7.31. The van der Waals surface area contributed by atoms with Crippen molar-refractivity contribution in [3.63, 3.8) is 0 Å². The third kappa shape index (κ3) is 3.02. The fourth-order valence-corrected chi connectivity index (χ4v) is 3.12. The maximum absolute atomic E-state index is 9.31. The van der Waals surface area contributed by atoms with Crippen LogP contribution < -0.4 is 5.32 Å². The minimum Gasteiger partial charge on any atom is -0.508 e. The zero-order valence-corrected chi connectivity index (χ0v) is 11.8. The molecule has 1 aliphatic carbocycles. The number of nitrogens with one attached hydrogen (secondary N) is 1. The van der Waals surface area contributed by atoms with Crippen LogP contribution in [0.1, 0.15) is 23.6 Å². The van der Waals surface area contributed by atoms with Crippen molar-refractivity contribution in [3.05, 3.63) is 65.2 Å². The highest BCUT2D eigenvalue weighted by Gasteiger charge is 2.21. The molecule has 0 unspecified atom stereocenters. The lowest BCUT2D eigenvalue weighted by atomic mass is 10.1. The van der Waals surface area contributed by atoms with Gasteiger partial charge >= 0.3 is 0 Å². The number of benzene rings is 2. The average molecular weight is 267 g/mol. The van der Waals surface area contributed by atoms with E-state index in [1.54, 1.807) is 12.1 Å². The molecule has 0 aliphatic heterocycles. The summed E-state index contributed by atoms with van der Waals surface area (Å²) in [7, 11) is 0. The van der Waals surface area contributed by atoms with Gasteiger partial charge in [-0.2, -0.15) is 0 Å². The van der Waals surface area contributed by atoms with Crippen LogP contribution in [0.4, 0.5) is 0 Å². The Labute approximate surface area is 120 Å². The van der Waals surface area contributed by atoms with Crippen molar-refractivity contribution in [1.82, 2.24) is 5.32 Å². The van der Waals surface area contributed by atoms with E-state index in [0.717, 1.165) is 19.3 Å². The van der Waals surface area contributed by atoms with E-state index in [1.165, 1.54) is 16.7 Å². The average Bonchev–Trinajstić information content (AvgIpc) is 2.83. The van der Waals surface area contributed by atoms with Crippen molar-refractivity contribution in [1.29, 1.82) is 0 Å². The Balaban J connectivity index is 1.55. The molecule has 2 heteroatoms. The van der Waals surface area contributed by atoms with Crippen LogP contribution in [0.2, 0.25) is 0 Å². The summed E-state index contributed by atoms with van der Waals surface area (Å²) >= 11 is 0. The molecule has 2 aromatic rings. The lowest BCUT2D eigenvalue weighted by molar-refractivity contribution is 0.452. The second-order valence-electron chi connectivity index (χ2n) is 5.81. The van der Waals surface area contributed by atoms with Crippen LogP contribution in [-0.4, -0.2) is 17.2 Å². The highest BCUT2D eigenvalue weighted by atomic mass is 16.3. The standard InChI is InChI=1S/C18H21NO/c1-13(10-14-6-8-18(20)9-7-14)19-17-11-15-4-2-3-5-16(15)12-17/h2-9,13,17,19-20H,10-12H2,1H3/t13-/m1/s1.